The number of halogens is 2. The molecule has 0 atom stereocenters. The summed E-state index contributed by atoms with van der Waals surface area (Å²) in [6, 6.07) is 20.5. The Bertz CT molecular complexity index is 1410. The van der Waals surface area contributed by atoms with Gasteiger partial charge in [-0.05, 0) is 79.1 Å². The van der Waals surface area contributed by atoms with Crippen LogP contribution in [0.1, 0.15) is 28.9 Å². The molecule has 2 amide bonds. The third kappa shape index (κ3) is 5.36. The van der Waals surface area contributed by atoms with Gasteiger partial charge in [-0.25, -0.2) is 4.39 Å². The Balaban J connectivity index is 1.39. The highest BCUT2D eigenvalue weighted by Gasteiger charge is 2.24. The fraction of sp³-hybridized carbons (Fsp3) is 0.214. The van der Waals surface area contributed by atoms with E-state index in [2.05, 4.69) is 5.32 Å². The van der Waals surface area contributed by atoms with E-state index in [9.17, 15) is 14.0 Å². The van der Waals surface area contributed by atoms with Crippen molar-refractivity contribution in [2.75, 3.05) is 25.0 Å². The molecule has 1 N–H and O–H groups in total. The predicted molar refractivity (Wildman–Crippen MR) is 138 cm³/mol. The van der Waals surface area contributed by atoms with Crippen molar-refractivity contribution < 1.29 is 18.7 Å². The summed E-state index contributed by atoms with van der Waals surface area (Å²) in [5.74, 6) is -0.120. The normalized spacial score (nSPS) is 13.2. The number of nitrogens with zero attached hydrogens (tertiary/aromatic N) is 2. The average molecular weight is 506 g/mol. The molecule has 0 unspecified atom stereocenters. The number of nitrogens with one attached hydrogen (secondary N) is 1. The van der Waals surface area contributed by atoms with Gasteiger partial charge in [0, 0.05) is 41.2 Å². The van der Waals surface area contributed by atoms with Gasteiger partial charge in [0.2, 0.25) is 0 Å². The Labute approximate surface area is 213 Å². The molecule has 0 saturated carbocycles. The summed E-state index contributed by atoms with van der Waals surface area (Å²) in [5, 5.41) is 4.24. The number of ether oxygens (including phenoxy) is 1. The fourth-order valence-corrected chi connectivity index (χ4v) is 4.60. The molecule has 1 aromatic heterocycles. The van der Waals surface area contributed by atoms with Crippen LogP contribution in [0.4, 0.5) is 10.1 Å². The van der Waals surface area contributed by atoms with E-state index in [1.807, 2.05) is 33.7 Å². The number of aromatic nitrogens is 1. The molecule has 1 fully saturated rings. The van der Waals surface area contributed by atoms with Gasteiger partial charge in [0.05, 0.1) is 0 Å². The molecule has 2 heterocycles. The van der Waals surface area contributed by atoms with Gasteiger partial charge >= 0.3 is 0 Å². The first kappa shape index (κ1) is 23.9. The van der Waals surface area contributed by atoms with Gasteiger partial charge in [0.15, 0.2) is 6.61 Å². The van der Waals surface area contributed by atoms with Gasteiger partial charge in [-0.3, -0.25) is 9.59 Å². The van der Waals surface area contributed by atoms with Gasteiger partial charge in [0.25, 0.3) is 11.8 Å². The number of fused-ring (bicyclic) bond motifs is 1. The minimum absolute atomic E-state index is 0.0398. The second kappa shape index (κ2) is 10.4. The van der Waals surface area contributed by atoms with E-state index in [0.717, 1.165) is 42.4 Å². The van der Waals surface area contributed by atoms with Crippen molar-refractivity contribution in [1.29, 1.82) is 0 Å². The lowest BCUT2D eigenvalue weighted by Crippen LogP contribution is -2.29. The molecule has 184 valence electrons. The summed E-state index contributed by atoms with van der Waals surface area (Å²) in [7, 11) is 0. The van der Waals surface area contributed by atoms with Crippen LogP contribution in [0.3, 0.4) is 0 Å². The number of carbonyl (C=O) groups excluding carboxylic acids is 2. The van der Waals surface area contributed by atoms with Crippen LogP contribution in [-0.4, -0.2) is 41.0 Å². The molecule has 0 spiro atoms. The summed E-state index contributed by atoms with van der Waals surface area (Å²) in [6.45, 7) is 1.67. The van der Waals surface area contributed by atoms with Crippen LogP contribution < -0.4 is 10.1 Å². The molecule has 0 bridgehead atoms. The Hall–Kier alpha value is -3.84. The molecule has 5 rings (SSSR count). The van der Waals surface area contributed by atoms with Crippen molar-refractivity contribution in [3.05, 3.63) is 94.9 Å². The minimum atomic E-state index is -0.317. The van der Waals surface area contributed by atoms with E-state index in [1.165, 1.54) is 12.1 Å². The second-order valence-corrected chi connectivity index (χ2v) is 9.25. The summed E-state index contributed by atoms with van der Waals surface area (Å²) < 4.78 is 21.3. The lowest BCUT2D eigenvalue weighted by molar-refractivity contribution is -0.118. The Morgan fingerprint density at radius 2 is 1.75 bits per heavy atom. The van der Waals surface area contributed by atoms with Crippen LogP contribution in [0.25, 0.3) is 10.9 Å². The zero-order valence-corrected chi connectivity index (χ0v) is 20.3. The van der Waals surface area contributed by atoms with Crippen LogP contribution in [0, 0.1) is 5.82 Å². The quantitative estimate of drug-likeness (QED) is 0.348. The average Bonchev–Trinajstić information content (AvgIpc) is 3.52. The maximum atomic E-state index is 13.8. The first-order chi connectivity index (χ1) is 17.5. The van der Waals surface area contributed by atoms with Crippen LogP contribution in [0.15, 0.2) is 72.8 Å². The predicted octanol–water partition coefficient (Wildman–Crippen LogP) is 5.74. The maximum absolute atomic E-state index is 13.8. The zero-order chi connectivity index (χ0) is 25.1. The van der Waals surface area contributed by atoms with Crippen LogP contribution in [0.2, 0.25) is 5.02 Å². The molecule has 0 aliphatic carbocycles. The molecule has 36 heavy (non-hydrogen) atoms. The molecule has 8 heteroatoms. The van der Waals surface area contributed by atoms with Gasteiger partial charge in [-0.2, -0.15) is 0 Å². The second-order valence-electron chi connectivity index (χ2n) is 8.81. The lowest BCUT2D eigenvalue weighted by atomic mass is 10.2. The number of carbonyl (C=O) groups is 2. The highest BCUT2D eigenvalue weighted by molar-refractivity contribution is 6.30. The number of hydrogen-bond donors (Lipinski definition) is 1. The maximum Gasteiger partial charge on any atom is 0.270 e. The summed E-state index contributed by atoms with van der Waals surface area (Å²) in [4.78, 5) is 27.6. The molecule has 0 radical (unpaired) electrons. The van der Waals surface area contributed by atoms with Crippen molar-refractivity contribution in [3.8, 4) is 5.75 Å². The lowest BCUT2D eigenvalue weighted by Gasteiger charge is -2.17. The van der Waals surface area contributed by atoms with Crippen molar-refractivity contribution in [2.45, 2.75) is 19.4 Å². The van der Waals surface area contributed by atoms with Crippen molar-refractivity contribution in [2.24, 2.45) is 0 Å². The largest absolute Gasteiger partial charge is 0.484 e. The summed E-state index contributed by atoms with van der Waals surface area (Å²) in [5.41, 5.74) is 2.73. The van der Waals surface area contributed by atoms with E-state index in [0.29, 0.717) is 28.7 Å². The van der Waals surface area contributed by atoms with E-state index in [4.69, 9.17) is 16.3 Å². The minimum Gasteiger partial charge on any atom is -0.484 e. The molecule has 6 nitrogen and oxygen atoms in total. The Morgan fingerprint density at radius 1 is 0.972 bits per heavy atom. The SMILES string of the molecule is O=C(COc1ccc(Cl)cc1)Nc1ccc2c(c1)cc(C(=O)N1CCCC1)n2Cc1cccc(F)c1. The molecule has 1 aliphatic heterocycles. The van der Waals surface area contributed by atoms with E-state index in [-0.39, 0.29) is 24.2 Å². The molecule has 4 aromatic rings. The standard InChI is InChI=1S/C28H25ClFN3O3/c29-21-6-9-24(10-7-21)36-18-27(34)31-23-8-11-25-20(15-23)16-26(28(35)32-12-1-2-13-32)33(25)17-19-4-3-5-22(30)14-19/h3-11,14-16H,1-2,12-13,17-18H2,(H,31,34). The summed E-state index contributed by atoms with van der Waals surface area (Å²) in [6.07, 6.45) is 1.98. The van der Waals surface area contributed by atoms with Crippen LogP contribution in [-0.2, 0) is 11.3 Å². The van der Waals surface area contributed by atoms with E-state index >= 15 is 0 Å². The third-order valence-corrected chi connectivity index (χ3v) is 6.46. The molecular formula is C28H25ClFN3O3. The highest BCUT2D eigenvalue weighted by Crippen LogP contribution is 2.27. The van der Waals surface area contributed by atoms with Crippen molar-refractivity contribution in [1.82, 2.24) is 9.47 Å². The van der Waals surface area contributed by atoms with Gasteiger partial charge in [-0.15, -0.1) is 0 Å². The summed E-state index contributed by atoms with van der Waals surface area (Å²) >= 11 is 5.87. The number of amides is 2. The topological polar surface area (TPSA) is 63.6 Å². The Kier molecular flexibility index (Phi) is 6.91. The monoisotopic (exact) mass is 505 g/mol. The number of rotatable bonds is 7. The highest BCUT2D eigenvalue weighted by atomic mass is 35.5. The first-order valence-corrected chi connectivity index (χ1v) is 12.2. The van der Waals surface area contributed by atoms with Gasteiger partial charge in [-0.1, -0.05) is 23.7 Å². The third-order valence-electron chi connectivity index (χ3n) is 6.21. The van der Waals surface area contributed by atoms with Crippen LogP contribution >= 0.6 is 11.6 Å². The van der Waals surface area contributed by atoms with Gasteiger partial charge < -0.3 is 19.5 Å². The smallest absolute Gasteiger partial charge is 0.270 e. The molecular weight excluding hydrogens is 481 g/mol. The van der Waals surface area contributed by atoms with Crippen LogP contribution in [0.5, 0.6) is 5.75 Å². The number of benzene rings is 3. The number of hydrogen-bond acceptors (Lipinski definition) is 3. The van der Waals surface area contributed by atoms with E-state index in [1.54, 1.807) is 36.4 Å². The number of likely N-dealkylation sites (tertiary alicyclic amines) is 1. The zero-order valence-electron chi connectivity index (χ0n) is 19.5. The molecule has 3 aromatic carbocycles. The van der Waals surface area contributed by atoms with E-state index < -0.39 is 0 Å². The van der Waals surface area contributed by atoms with Crippen molar-refractivity contribution >= 4 is 40.0 Å². The first-order valence-electron chi connectivity index (χ1n) is 11.8. The molecule has 1 aliphatic rings. The fourth-order valence-electron chi connectivity index (χ4n) is 4.47. The Morgan fingerprint density at radius 3 is 2.50 bits per heavy atom. The van der Waals surface area contributed by atoms with Gasteiger partial charge in [0.1, 0.15) is 17.3 Å². The molecule has 1 saturated heterocycles. The number of anilines is 1. The van der Waals surface area contributed by atoms with Crippen molar-refractivity contribution in [3.63, 3.8) is 0 Å².